The first-order valence-electron chi connectivity index (χ1n) is 6.83. The highest BCUT2D eigenvalue weighted by molar-refractivity contribution is 5.70. The molecule has 2 fully saturated rings. The van der Waals surface area contributed by atoms with Gasteiger partial charge >= 0.3 is 5.97 Å². The third kappa shape index (κ3) is 3.67. The number of carbonyl (C=O) groups is 1. The molecule has 0 bridgehead atoms. The Balaban J connectivity index is 1.78. The fourth-order valence-electron chi connectivity index (χ4n) is 2.80. The second kappa shape index (κ2) is 5.99. The Hall–Kier alpha value is -0.650. The first-order valence-corrected chi connectivity index (χ1v) is 6.83. The molecule has 2 atom stereocenters. The SMILES string of the molecule is COC(=O)C[C@@]1(C)OC[C@H](C[NH+]2CCCCC2)O1. The van der Waals surface area contributed by atoms with E-state index in [1.165, 1.54) is 39.5 Å². The van der Waals surface area contributed by atoms with Crippen LogP contribution in [-0.4, -0.2) is 51.2 Å². The van der Waals surface area contributed by atoms with Crippen LogP contribution in [0.4, 0.5) is 0 Å². The minimum absolute atomic E-state index is 0.104. The highest BCUT2D eigenvalue weighted by Crippen LogP contribution is 2.26. The van der Waals surface area contributed by atoms with Gasteiger partial charge in [-0.15, -0.1) is 0 Å². The Morgan fingerprint density at radius 3 is 2.78 bits per heavy atom. The molecule has 2 heterocycles. The molecule has 0 aliphatic carbocycles. The largest absolute Gasteiger partial charge is 0.469 e. The van der Waals surface area contributed by atoms with Gasteiger partial charge in [0.1, 0.15) is 12.6 Å². The van der Waals surface area contributed by atoms with Gasteiger partial charge in [0.2, 0.25) is 0 Å². The zero-order valence-electron chi connectivity index (χ0n) is 11.4. The number of esters is 1. The number of ether oxygens (including phenoxy) is 3. The van der Waals surface area contributed by atoms with Crippen molar-refractivity contribution in [1.82, 2.24) is 0 Å². The summed E-state index contributed by atoms with van der Waals surface area (Å²) in [6.45, 7) is 5.84. The average Bonchev–Trinajstić information content (AvgIpc) is 2.71. The lowest BCUT2D eigenvalue weighted by Gasteiger charge is -2.26. The third-order valence-electron chi connectivity index (χ3n) is 3.76. The Kier molecular flexibility index (Phi) is 4.59. The fraction of sp³-hybridized carbons (Fsp3) is 0.923. The molecule has 104 valence electrons. The number of methoxy groups -OCH3 is 1. The van der Waals surface area contributed by atoms with Crippen molar-refractivity contribution < 1.29 is 23.9 Å². The van der Waals surface area contributed by atoms with Crippen molar-refractivity contribution in [3.63, 3.8) is 0 Å². The molecule has 0 saturated carbocycles. The molecule has 0 spiro atoms. The van der Waals surface area contributed by atoms with E-state index in [0.717, 1.165) is 6.54 Å². The molecule has 2 saturated heterocycles. The molecule has 2 rings (SSSR count). The smallest absolute Gasteiger partial charge is 0.310 e. The summed E-state index contributed by atoms with van der Waals surface area (Å²) in [5.41, 5.74) is 0. The van der Waals surface area contributed by atoms with Crippen LogP contribution in [0.25, 0.3) is 0 Å². The summed E-state index contributed by atoms with van der Waals surface area (Å²) in [5.74, 6) is -1.09. The number of carbonyl (C=O) groups excluding carboxylic acids is 1. The molecule has 0 aromatic rings. The van der Waals surface area contributed by atoms with Gasteiger partial charge in [0, 0.05) is 0 Å². The maximum absolute atomic E-state index is 11.3. The molecule has 2 aliphatic heterocycles. The Morgan fingerprint density at radius 1 is 1.39 bits per heavy atom. The van der Waals surface area contributed by atoms with E-state index in [4.69, 9.17) is 9.47 Å². The first-order chi connectivity index (χ1) is 8.61. The van der Waals surface area contributed by atoms with Gasteiger partial charge in [-0.25, -0.2) is 0 Å². The summed E-state index contributed by atoms with van der Waals surface area (Å²) >= 11 is 0. The van der Waals surface area contributed by atoms with Crippen LogP contribution in [0.1, 0.15) is 32.6 Å². The predicted octanol–water partition coefficient (Wildman–Crippen LogP) is -0.250. The molecule has 0 aromatic carbocycles. The van der Waals surface area contributed by atoms with Gasteiger partial charge in [-0.05, 0) is 26.2 Å². The number of hydrogen-bond acceptors (Lipinski definition) is 4. The summed E-state index contributed by atoms with van der Waals surface area (Å²) in [7, 11) is 1.38. The summed E-state index contributed by atoms with van der Waals surface area (Å²) < 4.78 is 16.2. The van der Waals surface area contributed by atoms with Crippen molar-refractivity contribution in [2.24, 2.45) is 0 Å². The lowest BCUT2D eigenvalue weighted by Crippen LogP contribution is -3.13. The van der Waals surface area contributed by atoms with E-state index in [-0.39, 0.29) is 18.5 Å². The van der Waals surface area contributed by atoms with Gasteiger partial charge in [-0.3, -0.25) is 4.79 Å². The van der Waals surface area contributed by atoms with Crippen molar-refractivity contribution in [2.45, 2.75) is 44.5 Å². The van der Waals surface area contributed by atoms with Crippen LogP contribution in [0.3, 0.4) is 0 Å². The normalized spacial score (nSPS) is 33.6. The zero-order chi connectivity index (χ0) is 13.0. The molecule has 0 aromatic heterocycles. The molecule has 0 radical (unpaired) electrons. The van der Waals surface area contributed by atoms with Crippen LogP contribution >= 0.6 is 0 Å². The van der Waals surface area contributed by atoms with E-state index in [2.05, 4.69) is 4.74 Å². The van der Waals surface area contributed by atoms with Gasteiger partial charge in [-0.1, -0.05) is 0 Å². The summed E-state index contributed by atoms with van der Waals surface area (Å²) in [5, 5.41) is 0. The quantitative estimate of drug-likeness (QED) is 0.707. The Morgan fingerprint density at radius 2 is 2.11 bits per heavy atom. The highest BCUT2D eigenvalue weighted by atomic mass is 16.7. The number of nitrogens with one attached hydrogen (secondary N) is 1. The zero-order valence-corrected chi connectivity index (χ0v) is 11.4. The number of quaternary nitrogens is 1. The van der Waals surface area contributed by atoms with Crippen molar-refractivity contribution in [1.29, 1.82) is 0 Å². The maximum atomic E-state index is 11.3. The maximum Gasteiger partial charge on any atom is 0.310 e. The molecule has 0 amide bonds. The molecule has 1 N–H and O–H groups in total. The molecular weight excluding hydrogens is 234 g/mol. The molecule has 2 aliphatic rings. The molecule has 5 heteroatoms. The standard InChI is InChI=1S/C13H23NO4/c1-13(8-12(15)16-2)17-10-11(18-13)9-14-6-4-3-5-7-14/h11H,3-10H2,1-2H3/p+1/t11-,13-/m0/s1. The van der Waals surface area contributed by atoms with E-state index in [9.17, 15) is 4.79 Å². The van der Waals surface area contributed by atoms with Crippen molar-refractivity contribution in [2.75, 3.05) is 33.4 Å². The second-order valence-corrected chi connectivity index (χ2v) is 5.45. The van der Waals surface area contributed by atoms with Crippen molar-refractivity contribution in [3.05, 3.63) is 0 Å². The van der Waals surface area contributed by atoms with E-state index in [1.807, 2.05) is 6.92 Å². The number of rotatable bonds is 4. The topological polar surface area (TPSA) is 49.2 Å². The Labute approximate surface area is 108 Å². The van der Waals surface area contributed by atoms with Crippen LogP contribution in [0.15, 0.2) is 0 Å². The van der Waals surface area contributed by atoms with Crippen molar-refractivity contribution >= 4 is 5.97 Å². The predicted molar refractivity (Wildman–Crippen MR) is 65.3 cm³/mol. The van der Waals surface area contributed by atoms with Crippen molar-refractivity contribution in [3.8, 4) is 0 Å². The van der Waals surface area contributed by atoms with Gasteiger partial charge < -0.3 is 19.1 Å². The second-order valence-electron chi connectivity index (χ2n) is 5.45. The van der Waals surface area contributed by atoms with Crippen LogP contribution in [0.5, 0.6) is 0 Å². The van der Waals surface area contributed by atoms with Gasteiger partial charge in [0.05, 0.1) is 33.2 Å². The lowest BCUT2D eigenvalue weighted by atomic mass is 10.1. The van der Waals surface area contributed by atoms with Crippen LogP contribution in [0.2, 0.25) is 0 Å². The monoisotopic (exact) mass is 258 g/mol. The number of hydrogen-bond donors (Lipinski definition) is 1. The van der Waals surface area contributed by atoms with E-state index < -0.39 is 5.79 Å². The molecule has 5 nitrogen and oxygen atoms in total. The first kappa shape index (κ1) is 13.8. The third-order valence-corrected chi connectivity index (χ3v) is 3.76. The average molecular weight is 258 g/mol. The molecular formula is C13H24NO4+. The van der Waals surface area contributed by atoms with Gasteiger partial charge in [0.25, 0.3) is 0 Å². The van der Waals surface area contributed by atoms with E-state index in [0.29, 0.717) is 6.61 Å². The fourth-order valence-corrected chi connectivity index (χ4v) is 2.80. The van der Waals surface area contributed by atoms with E-state index in [1.54, 1.807) is 4.90 Å². The summed E-state index contributed by atoms with van der Waals surface area (Å²) in [6, 6.07) is 0. The van der Waals surface area contributed by atoms with Crippen LogP contribution < -0.4 is 4.90 Å². The minimum Gasteiger partial charge on any atom is -0.469 e. The summed E-state index contributed by atoms with van der Waals surface area (Å²) in [6.07, 6.45) is 4.23. The van der Waals surface area contributed by atoms with Gasteiger partial charge in [0.15, 0.2) is 5.79 Å². The van der Waals surface area contributed by atoms with Crippen LogP contribution in [-0.2, 0) is 19.0 Å². The van der Waals surface area contributed by atoms with Gasteiger partial charge in [-0.2, -0.15) is 0 Å². The number of likely N-dealkylation sites (tertiary alicyclic amines) is 1. The molecule has 0 unspecified atom stereocenters. The number of piperidine rings is 1. The lowest BCUT2D eigenvalue weighted by molar-refractivity contribution is -0.907. The Bertz CT molecular complexity index is 291. The highest BCUT2D eigenvalue weighted by Gasteiger charge is 2.41. The summed E-state index contributed by atoms with van der Waals surface area (Å²) in [4.78, 5) is 12.9. The molecule has 18 heavy (non-hydrogen) atoms. The van der Waals surface area contributed by atoms with Crippen LogP contribution in [0, 0.1) is 0 Å². The minimum atomic E-state index is -0.799. The van der Waals surface area contributed by atoms with E-state index >= 15 is 0 Å².